The maximum Gasteiger partial charge on any atom is 0.407 e. The Morgan fingerprint density at radius 3 is 3.00 bits per heavy atom. The molecule has 3 N–H and O–H groups in total. The van der Waals surface area contributed by atoms with E-state index >= 15 is 0 Å². The molecule has 0 aromatic heterocycles. The summed E-state index contributed by atoms with van der Waals surface area (Å²) in [5, 5.41) is 9.01. The second-order valence-electron chi connectivity index (χ2n) is 3.80. The number of rotatable bonds is 1. The predicted octanol–water partition coefficient (Wildman–Crippen LogP) is 2.08. The molecule has 4 nitrogen and oxygen atoms in total. The van der Waals surface area contributed by atoms with Crippen molar-refractivity contribution in [3.8, 4) is 0 Å². The number of likely N-dealkylation sites (tertiary alicyclic amines) is 1. The number of amides is 1. The Hall–Kier alpha value is -1.71. The van der Waals surface area contributed by atoms with Crippen molar-refractivity contribution in [2.75, 3.05) is 12.3 Å². The number of hydrogen-bond acceptors (Lipinski definition) is 2. The van der Waals surface area contributed by atoms with E-state index in [1.165, 1.54) is 4.90 Å². The fraction of sp³-hybridized carbons (Fsp3) is 0.364. The van der Waals surface area contributed by atoms with Crippen LogP contribution in [0, 0.1) is 0 Å². The van der Waals surface area contributed by atoms with E-state index in [-0.39, 0.29) is 6.04 Å². The molecule has 0 spiro atoms. The number of carbonyl (C=O) groups is 1. The molecule has 1 aromatic carbocycles. The van der Waals surface area contributed by atoms with Crippen LogP contribution in [0.1, 0.15) is 24.4 Å². The van der Waals surface area contributed by atoms with Crippen molar-refractivity contribution >= 4 is 11.8 Å². The fourth-order valence-corrected chi connectivity index (χ4v) is 2.11. The fourth-order valence-electron chi connectivity index (χ4n) is 2.11. The second kappa shape index (κ2) is 3.81. The van der Waals surface area contributed by atoms with Crippen LogP contribution in [-0.4, -0.2) is 22.6 Å². The van der Waals surface area contributed by atoms with Gasteiger partial charge in [-0.3, -0.25) is 0 Å². The Morgan fingerprint density at radius 2 is 2.33 bits per heavy atom. The van der Waals surface area contributed by atoms with Crippen molar-refractivity contribution in [2.24, 2.45) is 0 Å². The van der Waals surface area contributed by atoms with Gasteiger partial charge in [0, 0.05) is 12.2 Å². The van der Waals surface area contributed by atoms with Crippen LogP contribution >= 0.6 is 0 Å². The largest absolute Gasteiger partial charge is 0.465 e. The summed E-state index contributed by atoms with van der Waals surface area (Å²) in [5.74, 6) is 0. The number of nitrogens with zero attached hydrogens (tertiary/aromatic N) is 1. The molecule has 1 saturated heterocycles. The van der Waals surface area contributed by atoms with Gasteiger partial charge in [0.1, 0.15) is 0 Å². The number of nitrogens with two attached hydrogens (primary N) is 1. The van der Waals surface area contributed by atoms with Crippen molar-refractivity contribution in [3.63, 3.8) is 0 Å². The summed E-state index contributed by atoms with van der Waals surface area (Å²) in [6.45, 7) is 0.620. The molecule has 0 aliphatic carbocycles. The van der Waals surface area contributed by atoms with E-state index in [0.29, 0.717) is 12.2 Å². The van der Waals surface area contributed by atoms with Gasteiger partial charge in [-0.1, -0.05) is 12.1 Å². The van der Waals surface area contributed by atoms with Gasteiger partial charge in [-0.15, -0.1) is 0 Å². The van der Waals surface area contributed by atoms with E-state index in [2.05, 4.69) is 0 Å². The molecule has 4 heteroatoms. The first-order valence-electron chi connectivity index (χ1n) is 5.03. The Balaban J connectivity index is 2.26. The molecular formula is C11H14N2O2. The Bertz CT molecular complexity index is 379. The van der Waals surface area contributed by atoms with Crippen LogP contribution in [0.4, 0.5) is 10.5 Å². The normalized spacial score (nSPS) is 20.5. The molecule has 1 aliphatic heterocycles. The molecule has 1 heterocycles. The smallest absolute Gasteiger partial charge is 0.407 e. The van der Waals surface area contributed by atoms with Crippen LogP contribution in [0.5, 0.6) is 0 Å². The van der Waals surface area contributed by atoms with Crippen LogP contribution in [-0.2, 0) is 0 Å². The Kier molecular flexibility index (Phi) is 2.49. The summed E-state index contributed by atoms with van der Waals surface area (Å²) in [4.78, 5) is 12.4. The van der Waals surface area contributed by atoms with Gasteiger partial charge in [0.05, 0.1) is 6.04 Å². The minimum atomic E-state index is -0.847. The number of benzene rings is 1. The molecule has 1 fully saturated rings. The molecule has 1 unspecified atom stereocenters. The highest BCUT2D eigenvalue weighted by molar-refractivity contribution is 5.66. The zero-order valence-electron chi connectivity index (χ0n) is 8.39. The average Bonchev–Trinajstić information content (AvgIpc) is 2.65. The van der Waals surface area contributed by atoms with Crippen LogP contribution in [0.2, 0.25) is 0 Å². The van der Waals surface area contributed by atoms with Gasteiger partial charge in [0.2, 0.25) is 0 Å². The van der Waals surface area contributed by atoms with E-state index in [0.717, 1.165) is 18.4 Å². The molecule has 1 aliphatic rings. The minimum Gasteiger partial charge on any atom is -0.465 e. The molecule has 0 radical (unpaired) electrons. The van der Waals surface area contributed by atoms with Crippen molar-refractivity contribution < 1.29 is 9.90 Å². The molecule has 0 saturated carbocycles. The van der Waals surface area contributed by atoms with Gasteiger partial charge in [-0.05, 0) is 30.5 Å². The van der Waals surface area contributed by atoms with Crippen LogP contribution < -0.4 is 5.73 Å². The lowest BCUT2D eigenvalue weighted by molar-refractivity contribution is 0.140. The lowest BCUT2D eigenvalue weighted by Gasteiger charge is -2.21. The number of hydrogen-bond donors (Lipinski definition) is 2. The Labute approximate surface area is 88.3 Å². The number of nitrogen functional groups attached to an aromatic ring is 1. The zero-order valence-corrected chi connectivity index (χ0v) is 8.39. The topological polar surface area (TPSA) is 66.6 Å². The highest BCUT2D eigenvalue weighted by Gasteiger charge is 2.29. The molecule has 80 valence electrons. The highest BCUT2D eigenvalue weighted by Crippen LogP contribution is 2.32. The molecule has 1 aromatic rings. The molecule has 2 rings (SSSR count). The molecule has 15 heavy (non-hydrogen) atoms. The highest BCUT2D eigenvalue weighted by atomic mass is 16.4. The van der Waals surface area contributed by atoms with Crippen molar-refractivity contribution in [1.82, 2.24) is 4.90 Å². The van der Waals surface area contributed by atoms with Gasteiger partial charge < -0.3 is 15.7 Å². The summed E-state index contributed by atoms with van der Waals surface area (Å²) in [7, 11) is 0. The maximum atomic E-state index is 11.0. The SMILES string of the molecule is Nc1cccc(C2CCCN2C(=O)O)c1. The van der Waals surface area contributed by atoms with E-state index in [4.69, 9.17) is 10.8 Å². The van der Waals surface area contributed by atoms with Crippen molar-refractivity contribution in [3.05, 3.63) is 29.8 Å². The number of anilines is 1. The quantitative estimate of drug-likeness (QED) is 0.691. The summed E-state index contributed by atoms with van der Waals surface area (Å²) in [6.07, 6.45) is 0.960. The van der Waals surface area contributed by atoms with Crippen LogP contribution in [0.3, 0.4) is 0 Å². The van der Waals surface area contributed by atoms with Gasteiger partial charge in [0.25, 0.3) is 0 Å². The van der Waals surface area contributed by atoms with Crippen LogP contribution in [0.15, 0.2) is 24.3 Å². The van der Waals surface area contributed by atoms with Crippen molar-refractivity contribution in [2.45, 2.75) is 18.9 Å². The first-order chi connectivity index (χ1) is 7.18. The first kappa shape index (κ1) is 9.83. The molecule has 1 atom stereocenters. The van der Waals surface area contributed by atoms with Crippen LogP contribution in [0.25, 0.3) is 0 Å². The van der Waals surface area contributed by atoms with Gasteiger partial charge >= 0.3 is 6.09 Å². The summed E-state index contributed by atoms with van der Waals surface area (Å²) >= 11 is 0. The molecule has 0 bridgehead atoms. The average molecular weight is 206 g/mol. The van der Waals surface area contributed by atoms with E-state index in [1.54, 1.807) is 0 Å². The lowest BCUT2D eigenvalue weighted by atomic mass is 10.0. The molecular weight excluding hydrogens is 192 g/mol. The van der Waals surface area contributed by atoms with E-state index < -0.39 is 6.09 Å². The molecule has 1 amide bonds. The second-order valence-corrected chi connectivity index (χ2v) is 3.80. The standard InChI is InChI=1S/C11H14N2O2/c12-9-4-1-3-8(7-9)10-5-2-6-13(10)11(14)15/h1,3-4,7,10H,2,5-6,12H2,(H,14,15). The summed E-state index contributed by atoms with van der Waals surface area (Å²) < 4.78 is 0. The number of carboxylic acid groups (broad SMARTS) is 1. The van der Waals surface area contributed by atoms with E-state index in [1.807, 2.05) is 24.3 Å². The first-order valence-corrected chi connectivity index (χ1v) is 5.03. The third-order valence-electron chi connectivity index (χ3n) is 2.79. The predicted molar refractivity (Wildman–Crippen MR) is 57.6 cm³/mol. The van der Waals surface area contributed by atoms with E-state index in [9.17, 15) is 4.79 Å². The minimum absolute atomic E-state index is 0.0222. The Morgan fingerprint density at radius 1 is 1.53 bits per heavy atom. The third kappa shape index (κ3) is 1.88. The van der Waals surface area contributed by atoms with Gasteiger partial charge in [0.15, 0.2) is 0 Å². The summed E-state index contributed by atoms with van der Waals surface area (Å²) in [5.41, 5.74) is 7.36. The monoisotopic (exact) mass is 206 g/mol. The van der Waals surface area contributed by atoms with Crippen molar-refractivity contribution in [1.29, 1.82) is 0 Å². The lowest BCUT2D eigenvalue weighted by Crippen LogP contribution is -2.28. The maximum absolute atomic E-state index is 11.0. The zero-order chi connectivity index (χ0) is 10.8. The third-order valence-corrected chi connectivity index (χ3v) is 2.79. The summed E-state index contributed by atoms with van der Waals surface area (Å²) in [6, 6.07) is 7.44. The van der Waals surface area contributed by atoms with Gasteiger partial charge in [-0.2, -0.15) is 0 Å². The van der Waals surface area contributed by atoms with Gasteiger partial charge in [-0.25, -0.2) is 4.79 Å².